The van der Waals surface area contributed by atoms with Gasteiger partial charge in [0.1, 0.15) is 0 Å². The summed E-state index contributed by atoms with van der Waals surface area (Å²) in [4.78, 5) is 12.1. The fourth-order valence-electron chi connectivity index (χ4n) is 3.70. The Morgan fingerprint density at radius 3 is 1.89 bits per heavy atom. The Balaban J connectivity index is 4.76. The van der Waals surface area contributed by atoms with Gasteiger partial charge in [0.2, 0.25) is 0 Å². The monoisotopic (exact) mass is 501 g/mol. The molecule has 0 aromatic carbocycles. The topological polar surface area (TPSA) is 49.3 Å². The van der Waals surface area contributed by atoms with Crippen molar-refractivity contribution in [2.24, 2.45) is 11.8 Å². The molecule has 1 amide bonds. The van der Waals surface area contributed by atoms with E-state index in [-0.39, 0.29) is 17.7 Å². The summed E-state index contributed by atoms with van der Waals surface area (Å²) in [5.41, 5.74) is 0. The van der Waals surface area contributed by atoms with Crippen molar-refractivity contribution in [2.75, 3.05) is 6.54 Å². The van der Waals surface area contributed by atoms with Gasteiger partial charge in [0.15, 0.2) is 0 Å². The zero-order chi connectivity index (χ0) is 21.4. The normalized spacial score (nSPS) is 14.9. The molecule has 0 saturated heterocycles. The molecular formula is C24H47NO2Sn. The van der Waals surface area contributed by atoms with E-state index < -0.39 is 24.5 Å². The minimum atomic E-state index is -2.23. The van der Waals surface area contributed by atoms with Crippen LogP contribution in [0.4, 0.5) is 0 Å². The van der Waals surface area contributed by atoms with Crippen LogP contribution in [0, 0.1) is 11.8 Å². The molecule has 0 aliphatic heterocycles. The molecule has 0 radical (unpaired) electrons. The van der Waals surface area contributed by atoms with E-state index in [1.807, 2.05) is 26.8 Å². The second-order valence-corrected chi connectivity index (χ2v) is 21.8. The summed E-state index contributed by atoms with van der Waals surface area (Å²) in [6.45, 7) is 13.4. The van der Waals surface area contributed by atoms with Crippen molar-refractivity contribution in [3.63, 3.8) is 0 Å². The van der Waals surface area contributed by atoms with Gasteiger partial charge in [-0.25, -0.2) is 0 Å². The summed E-state index contributed by atoms with van der Waals surface area (Å²) < 4.78 is 6.98. The summed E-state index contributed by atoms with van der Waals surface area (Å²) in [5.74, 6) is 0.117. The molecule has 28 heavy (non-hydrogen) atoms. The van der Waals surface area contributed by atoms with Crippen LogP contribution in [-0.4, -0.2) is 42.0 Å². The Labute approximate surface area is 179 Å². The second-order valence-electron chi connectivity index (χ2n) is 8.77. The Hall–Kier alpha value is -0.291. The Kier molecular flexibility index (Phi) is 16.3. The molecule has 0 spiro atoms. The third-order valence-corrected chi connectivity index (χ3v) is 20.0. The molecule has 164 valence electrons. The van der Waals surface area contributed by atoms with Crippen molar-refractivity contribution in [1.82, 2.24) is 5.32 Å². The molecule has 0 aliphatic rings. The third kappa shape index (κ3) is 12.3. The summed E-state index contributed by atoms with van der Waals surface area (Å²) >= 11 is -2.23. The van der Waals surface area contributed by atoms with Gasteiger partial charge in [-0.1, -0.05) is 0 Å². The Bertz CT molecular complexity index is 438. The molecule has 0 aromatic heterocycles. The standard InChI is InChI=1S/C12H20NO2.3C4H9.Sn/c1-5-8-13-11(14)7-6-10(4)12(15)9(2)3;3*1-3-4-2;/h1,5-7,9-10,12,15H,8H2,2-4H3,(H,13,14);3*1,3-4H2,2H3;/b5-1?,7-6+;;;;. The van der Waals surface area contributed by atoms with E-state index in [9.17, 15) is 9.90 Å². The molecule has 0 fully saturated rings. The van der Waals surface area contributed by atoms with E-state index >= 15 is 0 Å². The fourth-order valence-corrected chi connectivity index (χ4v) is 18.1. The van der Waals surface area contributed by atoms with Crippen LogP contribution in [0.5, 0.6) is 0 Å². The number of aliphatic hydroxyl groups excluding tert-OH is 1. The van der Waals surface area contributed by atoms with Crippen molar-refractivity contribution in [3.8, 4) is 0 Å². The Morgan fingerprint density at radius 1 is 0.964 bits per heavy atom. The van der Waals surface area contributed by atoms with Crippen LogP contribution in [0.2, 0.25) is 13.3 Å². The second kappa shape index (κ2) is 16.5. The number of rotatable bonds is 16. The summed E-state index contributed by atoms with van der Waals surface area (Å²) in [5, 5.41) is 13.0. The molecular weight excluding hydrogens is 453 g/mol. The first-order valence-electron chi connectivity index (χ1n) is 11.6. The van der Waals surface area contributed by atoms with Gasteiger partial charge in [-0.05, 0) is 0 Å². The first kappa shape index (κ1) is 27.7. The van der Waals surface area contributed by atoms with E-state index in [0.717, 1.165) is 0 Å². The van der Waals surface area contributed by atoms with Crippen molar-refractivity contribution >= 4 is 24.3 Å². The van der Waals surface area contributed by atoms with Crippen LogP contribution in [0.25, 0.3) is 0 Å². The number of hydrogen-bond acceptors (Lipinski definition) is 2. The van der Waals surface area contributed by atoms with Crippen LogP contribution >= 0.6 is 0 Å². The van der Waals surface area contributed by atoms with Gasteiger partial charge in [0, 0.05) is 0 Å². The van der Waals surface area contributed by atoms with Crippen LogP contribution in [0.15, 0.2) is 22.3 Å². The number of unbranched alkanes of at least 4 members (excludes halogenated alkanes) is 3. The van der Waals surface area contributed by atoms with Crippen molar-refractivity contribution < 1.29 is 9.90 Å². The van der Waals surface area contributed by atoms with Gasteiger partial charge >= 0.3 is 180 Å². The number of carbonyl (C=O) groups is 1. The fraction of sp³-hybridized carbons (Fsp3) is 0.792. The average molecular weight is 500 g/mol. The minimum absolute atomic E-state index is 0.0118. The van der Waals surface area contributed by atoms with Crippen molar-refractivity contribution in [1.29, 1.82) is 0 Å². The number of amides is 1. The molecule has 0 aromatic rings. The van der Waals surface area contributed by atoms with Crippen LogP contribution in [0.3, 0.4) is 0 Å². The number of aliphatic hydroxyl groups is 1. The third-order valence-electron chi connectivity index (χ3n) is 5.72. The van der Waals surface area contributed by atoms with Gasteiger partial charge in [-0.3, -0.25) is 0 Å². The zero-order valence-electron chi connectivity index (χ0n) is 19.5. The zero-order valence-corrected chi connectivity index (χ0v) is 22.3. The summed E-state index contributed by atoms with van der Waals surface area (Å²) in [6, 6.07) is 0. The predicted octanol–water partition coefficient (Wildman–Crippen LogP) is 6.26. The molecule has 0 aliphatic carbocycles. The molecule has 2 N–H and O–H groups in total. The predicted molar refractivity (Wildman–Crippen MR) is 126 cm³/mol. The quantitative estimate of drug-likeness (QED) is 0.194. The van der Waals surface area contributed by atoms with E-state index in [2.05, 4.69) is 36.3 Å². The Morgan fingerprint density at radius 2 is 1.46 bits per heavy atom. The van der Waals surface area contributed by atoms with Crippen LogP contribution < -0.4 is 5.32 Å². The number of carbonyl (C=O) groups excluding carboxylic acids is 1. The van der Waals surface area contributed by atoms with E-state index in [1.165, 1.54) is 51.8 Å². The van der Waals surface area contributed by atoms with E-state index in [1.54, 1.807) is 6.08 Å². The molecule has 0 saturated carbocycles. The van der Waals surface area contributed by atoms with Crippen LogP contribution in [-0.2, 0) is 4.79 Å². The SMILES string of the molecule is CCC[CH2][Sn](/[CH]=C/CNC(=O)/C=C/C(C)C(O)C(C)C)([CH2]CCC)[CH2]CCC. The first-order valence-corrected chi connectivity index (χ1v) is 19.3. The van der Waals surface area contributed by atoms with E-state index in [4.69, 9.17) is 0 Å². The number of hydrogen-bond donors (Lipinski definition) is 2. The maximum atomic E-state index is 12.1. The average Bonchev–Trinajstić information content (AvgIpc) is 2.69. The maximum absolute atomic E-state index is 12.1. The summed E-state index contributed by atoms with van der Waals surface area (Å²) in [7, 11) is 0. The molecule has 0 bridgehead atoms. The molecule has 3 nitrogen and oxygen atoms in total. The van der Waals surface area contributed by atoms with Crippen LogP contribution in [0.1, 0.15) is 80.1 Å². The first-order chi connectivity index (χ1) is 13.3. The van der Waals surface area contributed by atoms with Gasteiger partial charge in [0.05, 0.1) is 0 Å². The van der Waals surface area contributed by atoms with Gasteiger partial charge in [0.25, 0.3) is 0 Å². The molecule has 0 heterocycles. The molecule has 0 rings (SSSR count). The molecule has 4 heteroatoms. The van der Waals surface area contributed by atoms with Gasteiger partial charge in [-0.2, -0.15) is 0 Å². The molecule has 2 unspecified atom stereocenters. The van der Waals surface area contributed by atoms with Crippen molar-refractivity contribution in [3.05, 3.63) is 22.3 Å². The molecule has 2 atom stereocenters. The van der Waals surface area contributed by atoms with Gasteiger partial charge in [-0.15, -0.1) is 0 Å². The number of nitrogens with one attached hydrogen (secondary N) is 1. The van der Waals surface area contributed by atoms with E-state index in [0.29, 0.717) is 6.54 Å². The van der Waals surface area contributed by atoms with Crippen molar-refractivity contribution in [2.45, 2.75) is 99.5 Å². The summed E-state index contributed by atoms with van der Waals surface area (Å²) in [6.07, 6.45) is 13.2. The van der Waals surface area contributed by atoms with Gasteiger partial charge < -0.3 is 0 Å².